The molecule has 0 aliphatic carbocycles. The van der Waals surface area contributed by atoms with Crippen molar-refractivity contribution in [2.75, 3.05) is 7.05 Å². The van der Waals surface area contributed by atoms with E-state index < -0.39 is 0 Å². The van der Waals surface area contributed by atoms with Crippen LogP contribution in [0.1, 0.15) is 18.4 Å². The lowest BCUT2D eigenvalue weighted by molar-refractivity contribution is -0.120. The van der Waals surface area contributed by atoms with Gasteiger partial charge in [0.05, 0.1) is 0 Å². The topological polar surface area (TPSA) is 29.1 Å². The molecule has 76 valence electrons. The first-order valence-corrected chi connectivity index (χ1v) is 5.47. The third-order valence-electron chi connectivity index (χ3n) is 2.09. The van der Waals surface area contributed by atoms with Crippen molar-refractivity contribution in [3.05, 3.63) is 34.3 Å². The predicted molar refractivity (Wildman–Crippen MR) is 61.1 cm³/mol. The van der Waals surface area contributed by atoms with Crippen LogP contribution in [-0.2, 0) is 11.2 Å². The van der Waals surface area contributed by atoms with E-state index in [0.717, 1.165) is 17.3 Å². The Labute approximate surface area is 92.8 Å². The quantitative estimate of drug-likeness (QED) is 0.881. The number of amides is 1. The van der Waals surface area contributed by atoms with Crippen molar-refractivity contribution < 1.29 is 4.79 Å². The number of carbonyl (C=O) groups is 1. The average molecular weight is 256 g/mol. The zero-order valence-corrected chi connectivity index (χ0v) is 9.80. The number of nitrogens with one attached hydrogen (secondary N) is 1. The van der Waals surface area contributed by atoms with Crippen LogP contribution in [0.2, 0.25) is 0 Å². The van der Waals surface area contributed by atoms with Crippen molar-refractivity contribution in [1.82, 2.24) is 5.32 Å². The van der Waals surface area contributed by atoms with Gasteiger partial charge in [0.15, 0.2) is 0 Å². The van der Waals surface area contributed by atoms with Crippen LogP contribution >= 0.6 is 15.9 Å². The van der Waals surface area contributed by atoms with Crippen molar-refractivity contribution >= 4 is 21.8 Å². The Morgan fingerprint density at radius 3 is 2.79 bits per heavy atom. The largest absolute Gasteiger partial charge is 0.359 e. The monoisotopic (exact) mass is 255 g/mol. The molecule has 0 heterocycles. The molecule has 1 amide bonds. The second-order valence-electron chi connectivity index (χ2n) is 3.12. The van der Waals surface area contributed by atoms with E-state index >= 15 is 0 Å². The minimum absolute atomic E-state index is 0.108. The van der Waals surface area contributed by atoms with Crippen molar-refractivity contribution in [2.45, 2.75) is 19.3 Å². The van der Waals surface area contributed by atoms with Crippen LogP contribution in [0.5, 0.6) is 0 Å². The molecule has 1 N–H and O–H groups in total. The van der Waals surface area contributed by atoms with Gasteiger partial charge in [-0.05, 0) is 24.5 Å². The lowest BCUT2D eigenvalue weighted by atomic mass is 10.1. The maximum absolute atomic E-state index is 11.0. The molecule has 0 saturated carbocycles. The first-order chi connectivity index (χ1) is 6.74. The van der Waals surface area contributed by atoms with Crippen LogP contribution in [0.25, 0.3) is 0 Å². The molecule has 0 spiro atoms. The highest BCUT2D eigenvalue weighted by atomic mass is 79.9. The molecule has 3 heteroatoms. The number of aryl methyl sites for hydroxylation is 1. The number of benzene rings is 1. The summed E-state index contributed by atoms with van der Waals surface area (Å²) in [5.41, 5.74) is 1.26. The summed E-state index contributed by atoms with van der Waals surface area (Å²) >= 11 is 3.48. The Kier molecular flexibility index (Phi) is 4.66. The van der Waals surface area contributed by atoms with Gasteiger partial charge in [-0.15, -0.1) is 0 Å². The molecular formula is C11H14BrNO. The standard InChI is InChI=1S/C11H14BrNO/c1-13-11(14)8-4-6-9-5-2-3-7-10(9)12/h2-3,5,7H,4,6,8H2,1H3,(H,13,14). The first kappa shape index (κ1) is 11.2. The third kappa shape index (κ3) is 3.50. The van der Waals surface area contributed by atoms with Gasteiger partial charge in [0.2, 0.25) is 5.91 Å². The highest BCUT2D eigenvalue weighted by Gasteiger charge is 2.01. The molecule has 0 fully saturated rings. The summed E-state index contributed by atoms with van der Waals surface area (Å²) in [4.78, 5) is 11.0. The molecule has 0 radical (unpaired) electrons. The smallest absolute Gasteiger partial charge is 0.219 e. The van der Waals surface area contributed by atoms with Crippen molar-refractivity contribution in [1.29, 1.82) is 0 Å². The van der Waals surface area contributed by atoms with Crippen LogP contribution in [-0.4, -0.2) is 13.0 Å². The van der Waals surface area contributed by atoms with Crippen LogP contribution in [0, 0.1) is 0 Å². The summed E-state index contributed by atoms with van der Waals surface area (Å²) < 4.78 is 1.12. The molecule has 0 aliphatic rings. The van der Waals surface area contributed by atoms with Crippen molar-refractivity contribution in [2.24, 2.45) is 0 Å². The maximum Gasteiger partial charge on any atom is 0.219 e. The fourth-order valence-electron chi connectivity index (χ4n) is 1.27. The highest BCUT2D eigenvalue weighted by Crippen LogP contribution is 2.17. The first-order valence-electron chi connectivity index (χ1n) is 4.68. The van der Waals surface area contributed by atoms with Gasteiger partial charge < -0.3 is 5.32 Å². The van der Waals surface area contributed by atoms with Gasteiger partial charge in [0.25, 0.3) is 0 Å². The Morgan fingerprint density at radius 2 is 2.14 bits per heavy atom. The lowest BCUT2D eigenvalue weighted by Crippen LogP contribution is -2.17. The fraction of sp³-hybridized carbons (Fsp3) is 0.364. The number of hydrogen-bond donors (Lipinski definition) is 1. The predicted octanol–water partition coefficient (Wildman–Crippen LogP) is 2.52. The molecule has 0 unspecified atom stereocenters. The minimum atomic E-state index is 0.108. The SMILES string of the molecule is CNC(=O)CCCc1ccccc1Br. The van der Waals surface area contributed by atoms with Gasteiger partial charge in [-0.2, -0.15) is 0 Å². The molecule has 2 nitrogen and oxygen atoms in total. The molecule has 1 rings (SSSR count). The second-order valence-corrected chi connectivity index (χ2v) is 3.97. The molecule has 0 saturated heterocycles. The van der Waals surface area contributed by atoms with E-state index in [1.54, 1.807) is 7.05 Å². The van der Waals surface area contributed by atoms with Crippen molar-refractivity contribution in [3.63, 3.8) is 0 Å². The van der Waals surface area contributed by atoms with E-state index in [1.165, 1.54) is 5.56 Å². The summed E-state index contributed by atoms with van der Waals surface area (Å²) in [5.74, 6) is 0.108. The molecule has 0 aromatic heterocycles. The Morgan fingerprint density at radius 1 is 1.43 bits per heavy atom. The molecule has 1 aromatic rings. The average Bonchev–Trinajstić information content (AvgIpc) is 2.20. The van der Waals surface area contributed by atoms with Crippen molar-refractivity contribution in [3.8, 4) is 0 Å². The second kappa shape index (κ2) is 5.81. The number of halogens is 1. The lowest BCUT2D eigenvalue weighted by Gasteiger charge is -2.03. The maximum atomic E-state index is 11.0. The van der Waals surface area contributed by atoms with E-state index in [9.17, 15) is 4.79 Å². The molecule has 0 bridgehead atoms. The zero-order valence-electron chi connectivity index (χ0n) is 8.22. The van der Waals surface area contributed by atoms with Gasteiger partial charge >= 0.3 is 0 Å². The third-order valence-corrected chi connectivity index (χ3v) is 2.86. The van der Waals surface area contributed by atoms with E-state index in [4.69, 9.17) is 0 Å². The van der Waals surface area contributed by atoms with Gasteiger partial charge in [0, 0.05) is 17.9 Å². The molecule has 1 aromatic carbocycles. The number of carbonyl (C=O) groups excluding carboxylic acids is 1. The van der Waals surface area contributed by atoms with E-state index in [1.807, 2.05) is 18.2 Å². The molecule has 14 heavy (non-hydrogen) atoms. The Bertz CT molecular complexity index is 312. The van der Waals surface area contributed by atoms with E-state index in [2.05, 4.69) is 27.3 Å². The van der Waals surface area contributed by atoms with Gasteiger partial charge in [-0.3, -0.25) is 4.79 Å². The normalized spacial score (nSPS) is 9.86. The summed E-state index contributed by atoms with van der Waals surface area (Å²) in [6, 6.07) is 8.11. The molecule has 0 atom stereocenters. The molecular weight excluding hydrogens is 242 g/mol. The number of rotatable bonds is 4. The van der Waals surface area contributed by atoms with Crippen LogP contribution in [0.4, 0.5) is 0 Å². The summed E-state index contributed by atoms with van der Waals surface area (Å²) in [7, 11) is 1.67. The van der Waals surface area contributed by atoms with E-state index in [0.29, 0.717) is 6.42 Å². The summed E-state index contributed by atoms with van der Waals surface area (Å²) in [6.07, 6.45) is 2.43. The van der Waals surface area contributed by atoms with Crippen LogP contribution < -0.4 is 5.32 Å². The van der Waals surface area contributed by atoms with Gasteiger partial charge in [-0.25, -0.2) is 0 Å². The van der Waals surface area contributed by atoms with Gasteiger partial charge in [0.1, 0.15) is 0 Å². The van der Waals surface area contributed by atoms with Gasteiger partial charge in [-0.1, -0.05) is 34.1 Å². The summed E-state index contributed by atoms with van der Waals surface area (Å²) in [5, 5.41) is 2.62. The summed E-state index contributed by atoms with van der Waals surface area (Å²) in [6.45, 7) is 0. The van der Waals surface area contributed by atoms with Crippen LogP contribution in [0.15, 0.2) is 28.7 Å². The Hall–Kier alpha value is -0.830. The minimum Gasteiger partial charge on any atom is -0.359 e. The van der Waals surface area contributed by atoms with Crippen LogP contribution in [0.3, 0.4) is 0 Å². The van der Waals surface area contributed by atoms with E-state index in [-0.39, 0.29) is 5.91 Å². The zero-order chi connectivity index (χ0) is 10.4. The Balaban J connectivity index is 2.39. The fourth-order valence-corrected chi connectivity index (χ4v) is 1.75. The highest BCUT2D eigenvalue weighted by molar-refractivity contribution is 9.10. The number of hydrogen-bond acceptors (Lipinski definition) is 1. The molecule has 0 aliphatic heterocycles.